The Morgan fingerprint density at radius 1 is 1.41 bits per heavy atom. The van der Waals surface area contributed by atoms with Crippen LogP contribution in [-0.4, -0.2) is 25.0 Å². The molecule has 120 valence electrons. The van der Waals surface area contributed by atoms with Crippen molar-refractivity contribution in [3.05, 3.63) is 28.8 Å². The maximum absolute atomic E-state index is 12.2. The molecule has 2 amide bonds. The molecule has 0 aliphatic heterocycles. The number of hydrogen-bond acceptors (Lipinski definition) is 3. The van der Waals surface area contributed by atoms with Crippen LogP contribution in [0, 0.1) is 5.92 Å². The number of rotatable bonds is 5. The first-order valence-corrected chi connectivity index (χ1v) is 7.79. The first kappa shape index (κ1) is 16.6. The van der Waals surface area contributed by atoms with Crippen LogP contribution in [0.3, 0.4) is 0 Å². The second-order valence-electron chi connectivity index (χ2n) is 5.63. The number of halogens is 1. The number of hydrogen-bond donors (Lipinski definition) is 2. The van der Waals surface area contributed by atoms with Gasteiger partial charge in [0.1, 0.15) is 5.75 Å². The summed E-state index contributed by atoms with van der Waals surface area (Å²) >= 11 is 6.14. The highest BCUT2D eigenvalue weighted by atomic mass is 35.5. The van der Waals surface area contributed by atoms with Crippen molar-refractivity contribution in [2.75, 3.05) is 7.11 Å². The second kappa shape index (κ2) is 7.49. The zero-order valence-corrected chi connectivity index (χ0v) is 13.4. The fourth-order valence-electron chi connectivity index (χ4n) is 2.92. The highest BCUT2D eigenvalue weighted by Crippen LogP contribution is 2.27. The van der Waals surface area contributed by atoms with E-state index in [0.717, 1.165) is 19.3 Å². The predicted molar refractivity (Wildman–Crippen MR) is 84.8 cm³/mol. The number of amides is 2. The molecule has 0 radical (unpaired) electrons. The van der Waals surface area contributed by atoms with Crippen LogP contribution in [-0.2, 0) is 16.0 Å². The van der Waals surface area contributed by atoms with Crippen LogP contribution in [0.25, 0.3) is 0 Å². The summed E-state index contributed by atoms with van der Waals surface area (Å²) in [5.74, 6) is 0.0449. The normalized spacial score (nSPS) is 21.2. The molecular weight excluding hydrogens is 304 g/mol. The van der Waals surface area contributed by atoms with Crippen LogP contribution in [0.1, 0.15) is 31.2 Å². The van der Waals surface area contributed by atoms with E-state index < -0.39 is 0 Å². The average Bonchev–Trinajstić information content (AvgIpc) is 2.49. The van der Waals surface area contributed by atoms with Gasteiger partial charge in [-0.3, -0.25) is 9.59 Å². The van der Waals surface area contributed by atoms with E-state index in [1.807, 2.05) is 0 Å². The quantitative estimate of drug-likeness (QED) is 0.869. The van der Waals surface area contributed by atoms with E-state index in [-0.39, 0.29) is 30.2 Å². The molecule has 5 nitrogen and oxygen atoms in total. The Bertz CT molecular complexity index is 562. The van der Waals surface area contributed by atoms with E-state index >= 15 is 0 Å². The van der Waals surface area contributed by atoms with E-state index in [1.165, 1.54) is 0 Å². The average molecular weight is 325 g/mol. The number of carbonyl (C=O) groups is 2. The van der Waals surface area contributed by atoms with Crippen LogP contribution in [0.2, 0.25) is 5.02 Å². The third-order valence-electron chi connectivity index (χ3n) is 4.07. The lowest BCUT2D eigenvalue weighted by molar-refractivity contribution is -0.125. The Balaban J connectivity index is 1.97. The number of nitrogens with two attached hydrogens (primary N) is 1. The third-order valence-corrected chi connectivity index (χ3v) is 4.43. The van der Waals surface area contributed by atoms with Gasteiger partial charge in [-0.15, -0.1) is 0 Å². The molecule has 0 unspecified atom stereocenters. The summed E-state index contributed by atoms with van der Waals surface area (Å²) in [5, 5.41) is 3.48. The lowest BCUT2D eigenvalue weighted by atomic mass is 9.85. The van der Waals surface area contributed by atoms with Crippen LogP contribution in [0.4, 0.5) is 0 Å². The molecule has 1 aliphatic rings. The van der Waals surface area contributed by atoms with Gasteiger partial charge in [0.05, 0.1) is 13.5 Å². The van der Waals surface area contributed by atoms with Gasteiger partial charge in [0.2, 0.25) is 11.8 Å². The topological polar surface area (TPSA) is 81.4 Å². The van der Waals surface area contributed by atoms with E-state index in [0.29, 0.717) is 22.8 Å². The Hall–Kier alpha value is -1.75. The lowest BCUT2D eigenvalue weighted by Crippen LogP contribution is -2.41. The monoisotopic (exact) mass is 324 g/mol. The molecule has 1 aromatic rings. The Kier molecular flexibility index (Phi) is 5.66. The summed E-state index contributed by atoms with van der Waals surface area (Å²) in [7, 11) is 1.55. The van der Waals surface area contributed by atoms with Crippen molar-refractivity contribution in [1.29, 1.82) is 0 Å². The molecule has 0 spiro atoms. The molecule has 0 heterocycles. The van der Waals surface area contributed by atoms with Crippen LogP contribution < -0.4 is 15.8 Å². The van der Waals surface area contributed by atoms with Gasteiger partial charge >= 0.3 is 0 Å². The minimum Gasteiger partial charge on any atom is -0.496 e. The second-order valence-corrected chi connectivity index (χ2v) is 6.03. The SMILES string of the molecule is COc1cccc(Cl)c1CC(=O)N[C@H]1CCC[C@H](C(N)=O)C1. The fraction of sp³-hybridized carbons (Fsp3) is 0.500. The standard InChI is InChI=1S/C16H21ClN2O3/c1-22-14-7-3-6-13(17)12(14)9-15(20)19-11-5-2-4-10(8-11)16(18)21/h3,6-7,10-11H,2,4-5,8-9H2,1H3,(H2,18,21)(H,19,20)/t10-,11-/m0/s1. The summed E-state index contributed by atoms with van der Waals surface area (Å²) in [5.41, 5.74) is 6.03. The predicted octanol–water partition coefficient (Wildman–Crippen LogP) is 2.05. The van der Waals surface area contributed by atoms with Gasteiger partial charge in [-0.05, 0) is 31.4 Å². The summed E-state index contributed by atoms with van der Waals surface area (Å²) in [6.45, 7) is 0. The third kappa shape index (κ3) is 4.13. The molecule has 3 N–H and O–H groups in total. The molecule has 6 heteroatoms. The van der Waals surface area contributed by atoms with Gasteiger partial charge in [-0.25, -0.2) is 0 Å². The molecule has 2 atom stereocenters. The Morgan fingerprint density at radius 2 is 2.18 bits per heavy atom. The molecular formula is C16H21ClN2O3. The zero-order valence-electron chi connectivity index (χ0n) is 12.6. The molecule has 1 saturated carbocycles. The molecule has 1 aliphatic carbocycles. The van der Waals surface area contributed by atoms with Crippen molar-refractivity contribution in [2.45, 2.75) is 38.1 Å². The molecule has 0 bridgehead atoms. The maximum Gasteiger partial charge on any atom is 0.224 e. The minimum absolute atomic E-state index is 0.00719. The zero-order chi connectivity index (χ0) is 16.1. The van der Waals surface area contributed by atoms with E-state index in [1.54, 1.807) is 25.3 Å². The van der Waals surface area contributed by atoms with E-state index in [4.69, 9.17) is 22.1 Å². The highest BCUT2D eigenvalue weighted by molar-refractivity contribution is 6.31. The summed E-state index contributed by atoms with van der Waals surface area (Å²) < 4.78 is 5.24. The summed E-state index contributed by atoms with van der Waals surface area (Å²) in [6.07, 6.45) is 3.34. The van der Waals surface area contributed by atoms with E-state index in [9.17, 15) is 9.59 Å². The maximum atomic E-state index is 12.2. The summed E-state index contributed by atoms with van der Waals surface area (Å²) in [6, 6.07) is 5.28. The van der Waals surface area contributed by atoms with Crippen LogP contribution in [0.5, 0.6) is 5.75 Å². The van der Waals surface area contributed by atoms with Crippen LogP contribution >= 0.6 is 11.6 Å². The molecule has 22 heavy (non-hydrogen) atoms. The van der Waals surface area contributed by atoms with Gasteiger partial charge in [-0.2, -0.15) is 0 Å². The molecule has 2 rings (SSSR count). The molecule has 1 aromatic carbocycles. The largest absolute Gasteiger partial charge is 0.496 e. The van der Waals surface area contributed by atoms with Gasteiger partial charge in [0.25, 0.3) is 0 Å². The summed E-state index contributed by atoms with van der Waals surface area (Å²) in [4.78, 5) is 23.5. The number of nitrogens with one attached hydrogen (secondary N) is 1. The van der Waals surface area contributed by atoms with Crippen molar-refractivity contribution < 1.29 is 14.3 Å². The lowest BCUT2D eigenvalue weighted by Gasteiger charge is -2.28. The van der Waals surface area contributed by atoms with Gasteiger partial charge in [0, 0.05) is 22.5 Å². The number of primary amides is 1. The Morgan fingerprint density at radius 3 is 2.86 bits per heavy atom. The highest BCUT2D eigenvalue weighted by Gasteiger charge is 2.26. The van der Waals surface area contributed by atoms with Crippen molar-refractivity contribution in [2.24, 2.45) is 11.7 Å². The molecule has 1 fully saturated rings. The van der Waals surface area contributed by atoms with Gasteiger partial charge in [0.15, 0.2) is 0 Å². The first-order valence-electron chi connectivity index (χ1n) is 7.41. The van der Waals surface area contributed by atoms with Crippen molar-refractivity contribution >= 4 is 23.4 Å². The smallest absolute Gasteiger partial charge is 0.224 e. The van der Waals surface area contributed by atoms with Crippen molar-refractivity contribution in [3.63, 3.8) is 0 Å². The number of carbonyl (C=O) groups excluding carboxylic acids is 2. The minimum atomic E-state index is -0.285. The van der Waals surface area contributed by atoms with Crippen molar-refractivity contribution in [3.8, 4) is 5.75 Å². The number of methoxy groups -OCH3 is 1. The number of benzene rings is 1. The Labute approximate surface area is 135 Å². The van der Waals surface area contributed by atoms with Crippen LogP contribution in [0.15, 0.2) is 18.2 Å². The van der Waals surface area contributed by atoms with Gasteiger partial charge < -0.3 is 15.8 Å². The van der Waals surface area contributed by atoms with Crippen molar-refractivity contribution in [1.82, 2.24) is 5.32 Å². The van der Waals surface area contributed by atoms with Gasteiger partial charge in [-0.1, -0.05) is 24.1 Å². The fourth-order valence-corrected chi connectivity index (χ4v) is 3.15. The van der Waals surface area contributed by atoms with E-state index in [2.05, 4.69) is 5.32 Å². The molecule has 0 aromatic heterocycles. The number of ether oxygens (including phenoxy) is 1. The first-order chi connectivity index (χ1) is 10.5. The molecule has 0 saturated heterocycles.